The molecular weight excluding hydrogens is 554 g/mol. The van der Waals surface area contributed by atoms with Crippen molar-refractivity contribution in [3.63, 3.8) is 0 Å². The average molecular weight is 608 g/mol. The summed E-state index contributed by atoms with van der Waals surface area (Å²) in [7, 11) is 0. The monoisotopic (exact) mass is 607 g/mol. The largest absolute Gasteiger partial charge is 0.368 e. The molecule has 0 spiro atoms. The number of hydrogen-bond acceptors (Lipinski definition) is 8. The van der Waals surface area contributed by atoms with Gasteiger partial charge in [0.25, 0.3) is 0 Å². The van der Waals surface area contributed by atoms with Crippen LogP contribution in [0.15, 0.2) is 12.5 Å². The van der Waals surface area contributed by atoms with Gasteiger partial charge in [-0.05, 0) is 37.5 Å². The molecule has 0 radical (unpaired) electrons. The smallest absolute Gasteiger partial charge is 0.243 e. The highest BCUT2D eigenvalue weighted by Gasteiger charge is 2.29. The van der Waals surface area contributed by atoms with Gasteiger partial charge in [-0.15, -0.1) is 0 Å². The number of H-pyrrole nitrogens is 1. The summed E-state index contributed by atoms with van der Waals surface area (Å²) in [5, 5.41) is 14.1. The Hall–Kier alpha value is -3.52. The minimum absolute atomic E-state index is 0.130. The first-order valence-electron chi connectivity index (χ1n) is 15.1. The van der Waals surface area contributed by atoms with Crippen molar-refractivity contribution in [3.8, 4) is 0 Å². The Morgan fingerprint density at radius 1 is 0.884 bits per heavy atom. The van der Waals surface area contributed by atoms with Gasteiger partial charge in [-0.1, -0.05) is 48.0 Å². The van der Waals surface area contributed by atoms with Crippen molar-refractivity contribution in [2.24, 2.45) is 29.2 Å². The van der Waals surface area contributed by atoms with E-state index < -0.39 is 60.2 Å². The number of carbonyl (C=O) groups excluding carboxylic acids is 5. The molecule has 0 aliphatic carbocycles. The topological polar surface area (TPSA) is 226 Å². The number of imidazole rings is 1. The first kappa shape index (κ1) is 37.5. The van der Waals surface area contributed by atoms with E-state index in [1.54, 1.807) is 6.20 Å². The summed E-state index contributed by atoms with van der Waals surface area (Å²) < 4.78 is 0. The normalized spacial score (nSPS) is 15.6. The number of nitrogens with zero attached hydrogens (tertiary/aromatic N) is 1. The van der Waals surface area contributed by atoms with Crippen LogP contribution in [0.1, 0.15) is 73.4 Å². The van der Waals surface area contributed by atoms with Crippen molar-refractivity contribution in [2.75, 3.05) is 13.1 Å². The van der Waals surface area contributed by atoms with Gasteiger partial charge < -0.3 is 43.0 Å². The second-order valence-corrected chi connectivity index (χ2v) is 12.1. The number of aromatic amines is 1. The van der Waals surface area contributed by atoms with Crippen LogP contribution in [0.25, 0.3) is 0 Å². The second-order valence-electron chi connectivity index (χ2n) is 12.1. The summed E-state index contributed by atoms with van der Waals surface area (Å²) in [6.45, 7) is 13.2. The Kier molecular flexibility index (Phi) is 16.5. The molecule has 6 atom stereocenters. The van der Waals surface area contributed by atoms with Gasteiger partial charge in [0.1, 0.15) is 12.1 Å². The molecule has 43 heavy (non-hydrogen) atoms. The lowest BCUT2D eigenvalue weighted by Gasteiger charge is -2.27. The Morgan fingerprint density at radius 3 is 2.05 bits per heavy atom. The van der Waals surface area contributed by atoms with Crippen molar-refractivity contribution in [2.45, 2.75) is 104 Å². The highest BCUT2D eigenvalue weighted by Crippen LogP contribution is 2.10. The number of aromatic nitrogens is 2. The van der Waals surface area contributed by atoms with Crippen LogP contribution >= 0.6 is 0 Å². The van der Waals surface area contributed by atoms with Gasteiger partial charge in [-0.25, -0.2) is 4.98 Å². The fourth-order valence-electron chi connectivity index (χ4n) is 4.45. The average Bonchev–Trinajstić information content (AvgIpc) is 3.44. The molecule has 1 aromatic rings. The van der Waals surface area contributed by atoms with E-state index in [2.05, 4.69) is 36.6 Å². The van der Waals surface area contributed by atoms with E-state index in [0.29, 0.717) is 31.5 Å². The van der Waals surface area contributed by atoms with Crippen molar-refractivity contribution in [3.05, 3.63) is 18.2 Å². The maximum atomic E-state index is 13.5. The van der Waals surface area contributed by atoms with Gasteiger partial charge in [0.15, 0.2) is 0 Å². The molecule has 244 valence electrons. The molecule has 14 heteroatoms. The number of hydrogen-bond donors (Lipinski definition) is 8. The number of nitrogens with two attached hydrogens (primary N) is 2. The third-order valence-corrected chi connectivity index (χ3v) is 7.02. The lowest BCUT2D eigenvalue weighted by Crippen LogP contribution is -2.57. The van der Waals surface area contributed by atoms with E-state index >= 15 is 0 Å². The molecule has 0 saturated carbocycles. The minimum atomic E-state index is -0.981. The Labute approximate surface area is 255 Å². The number of nitrogens with one attached hydrogen (secondary N) is 6. The van der Waals surface area contributed by atoms with Gasteiger partial charge in [-0.2, -0.15) is 0 Å². The molecule has 14 nitrogen and oxygen atoms in total. The zero-order valence-electron chi connectivity index (χ0n) is 26.7. The first-order chi connectivity index (χ1) is 20.1. The minimum Gasteiger partial charge on any atom is -0.368 e. The number of primary amides is 1. The van der Waals surface area contributed by atoms with Crippen LogP contribution in [-0.2, 0) is 30.4 Å². The molecule has 1 heterocycles. The quantitative estimate of drug-likeness (QED) is 0.0957. The molecule has 0 saturated heterocycles. The molecule has 0 aromatic carbocycles. The molecule has 0 fully saturated rings. The van der Waals surface area contributed by atoms with Crippen LogP contribution in [0.5, 0.6) is 0 Å². The van der Waals surface area contributed by atoms with Crippen LogP contribution in [0.3, 0.4) is 0 Å². The number of amides is 5. The number of carbonyl (C=O) groups is 5. The molecule has 0 bridgehead atoms. The molecule has 0 aliphatic heterocycles. The van der Waals surface area contributed by atoms with E-state index in [9.17, 15) is 24.0 Å². The molecule has 0 aliphatic rings. The van der Waals surface area contributed by atoms with E-state index in [-0.39, 0.29) is 30.2 Å². The summed E-state index contributed by atoms with van der Waals surface area (Å²) in [6.07, 6.45) is 4.96. The van der Waals surface area contributed by atoms with Gasteiger partial charge in [0.2, 0.25) is 29.5 Å². The zero-order valence-corrected chi connectivity index (χ0v) is 26.7. The van der Waals surface area contributed by atoms with Crippen LogP contribution < -0.4 is 38.1 Å². The SMILES string of the molecule is CCC(C)[C@H](NC(=O)C(C)N)C(=O)NCC(=O)N[C@@H](Cc1cnc[nH]1)C(=O)NC(CN[C@@H](CC(C)C)C(N)=O)CC(C)C. The van der Waals surface area contributed by atoms with Crippen molar-refractivity contribution in [1.82, 2.24) is 36.6 Å². The summed E-state index contributed by atoms with van der Waals surface area (Å²) in [6, 6.07) is -3.52. The maximum absolute atomic E-state index is 13.5. The van der Waals surface area contributed by atoms with Crippen LogP contribution in [0.4, 0.5) is 0 Å². The summed E-state index contributed by atoms with van der Waals surface area (Å²) in [5.41, 5.74) is 11.8. The van der Waals surface area contributed by atoms with E-state index in [1.165, 1.54) is 13.3 Å². The van der Waals surface area contributed by atoms with Crippen molar-refractivity contribution >= 4 is 29.5 Å². The molecule has 10 N–H and O–H groups in total. The third kappa shape index (κ3) is 14.5. The fourth-order valence-corrected chi connectivity index (χ4v) is 4.45. The predicted octanol–water partition coefficient (Wildman–Crippen LogP) is -0.548. The van der Waals surface area contributed by atoms with Gasteiger partial charge in [-0.3, -0.25) is 24.0 Å². The lowest BCUT2D eigenvalue weighted by atomic mass is 9.98. The lowest BCUT2D eigenvalue weighted by molar-refractivity contribution is -0.132. The van der Waals surface area contributed by atoms with Crippen LogP contribution in [0, 0.1) is 17.8 Å². The second kappa shape index (κ2) is 18.9. The summed E-state index contributed by atoms with van der Waals surface area (Å²) in [4.78, 5) is 70.3. The molecule has 3 unspecified atom stereocenters. The van der Waals surface area contributed by atoms with E-state index in [1.807, 2.05) is 41.5 Å². The molecule has 1 rings (SSSR count). The highest BCUT2D eigenvalue weighted by molar-refractivity contribution is 5.93. The standard InChI is InChI=1S/C29H53N9O5/c1-8-18(6)25(38-27(41)19(7)30)29(43)34-14-24(39)37-23(11-20-12-32-15-35-20)28(42)36-21(9-16(2)3)13-33-22(26(31)40)10-17(4)5/h12,15-19,21-23,25,33H,8-11,13-14,30H2,1-7H3,(H2,31,40)(H,32,35)(H,34,43)(H,36,42)(H,37,39)(H,38,41)/t18?,19?,21?,22-,23-,25-/m0/s1. The van der Waals surface area contributed by atoms with Crippen LogP contribution in [-0.4, -0.2) is 82.8 Å². The predicted molar refractivity (Wildman–Crippen MR) is 164 cm³/mol. The first-order valence-corrected chi connectivity index (χ1v) is 15.1. The number of rotatable bonds is 20. The zero-order chi connectivity index (χ0) is 32.7. The maximum Gasteiger partial charge on any atom is 0.243 e. The van der Waals surface area contributed by atoms with E-state index in [0.717, 1.165) is 0 Å². The Balaban J connectivity index is 2.97. The van der Waals surface area contributed by atoms with Gasteiger partial charge >= 0.3 is 0 Å². The van der Waals surface area contributed by atoms with Crippen molar-refractivity contribution in [1.29, 1.82) is 0 Å². The summed E-state index contributed by atoms with van der Waals surface area (Å²) in [5.74, 6) is -2.19. The summed E-state index contributed by atoms with van der Waals surface area (Å²) >= 11 is 0. The Bertz CT molecular complexity index is 1030. The highest BCUT2D eigenvalue weighted by atomic mass is 16.2. The third-order valence-electron chi connectivity index (χ3n) is 7.02. The van der Waals surface area contributed by atoms with Crippen LogP contribution in [0.2, 0.25) is 0 Å². The Morgan fingerprint density at radius 2 is 1.53 bits per heavy atom. The van der Waals surface area contributed by atoms with Gasteiger partial charge in [0.05, 0.1) is 25.0 Å². The van der Waals surface area contributed by atoms with Gasteiger partial charge in [0, 0.05) is 30.9 Å². The molecule has 5 amide bonds. The van der Waals surface area contributed by atoms with Crippen molar-refractivity contribution < 1.29 is 24.0 Å². The fraction of sp³-hybridized carbons (Fsp3) is 0.724. The molecule has 1 aromatic heterocycles. The van der Waals surface area contributed by atoms with E-state index in [4.69, 9.17) is 11.5 Å². The molecular formula is C29H53N9O5.